The second kappa shape index (κ2) is 4.43. The minimum atomic E-state index is -0.298. The van der Waals surface area contributed by atoms with Gasteiger partial charge < -0.3 is 14.6 Å². The summed E-state index contributed by atoms with van der Waals surface area (Å²) in [6.45, 7) is 0. The Labute approximate surface area is 91.2 Å². The summed E-state index contributed by atoms with van der Waals surface area (Å²) in [6.07, 6.45) is 4.11. The van der Waals surface area contributed by atoms with E-state index < -0.39 is 0 Å². The molecule has 0 unspecified atom stereocenters. The van der Waals surface area contributed by atoms with Crippen molar-refractivity contribution < 1.29 is 14.1 Å². The summed E-state index contributed by atoms with van der Waals surface area (Å²) in [6, 6.07) is 3.35. The van der Waals surface area contributed by atoms with Crippen molar-refractivity contribution in [3.63, 3.8) is 0 Å². The fourth-order valence-corrected chi connectivity index (χ4v) is 1.10. The first-order valence-corrected chi connectivity index (χ1v) is 4.50. The largest absolute Gasteiger partial charge is 0.481 e. The average Bonchev–Trinajstić information content (AvgIpc) is 2.83. The highest BCUT2D eigenvalue weighted by Crippen LogP contribution is 2.12. The molecule has 6 nitrogen and oxygen atoms in total. The number of pyridine rings is 1. The molecule has 0 spiro atoms. The van der Waals surface area contributed by atoms with Crippen LogP contribution in [0, 0.1) is 0 Å². The lowest BCUT2D eigenvalue weighted by molar-refractivity contribution is 0.102. The van der Waals surface area contributed by atoms with Gasteiger partial charge in [-0.2, -0.15) is 0 Å². The number of carbonyl (C=O) groups is 1. The normalized spacial score (nSPS) is 9.81. The van der Waals surface area contributed by atoms with E-state index >= 15 is 0 Å². The molecule has 1 amide bonds. The van der Waals surface area contributed by atoms with Crippen molar-refractivity contribution in [1.82, 2.24) is 10.1 Å². The number of carbonyl (C=O) groups excluding carboxylic acids is 1. The molecule has 0 aliphatic heterocycles. The molecule has 2 aromatic heterocycles. The fraction of sp³-hybridized carbons (Fsp3) is 0.100. The third-order valence-electron chi connectivity index (χ3n) is 1.90. The van der Waals surface area contributed by atoms with Crippen molar-refractivity contribution in [2.24, 2.45) is 0 Å². The summed E-state index contributed by atoms with van der Waals surface area (Å²) >= 11 is 0. The predicted molar refractivity (Wildman–Crippen MR) is 55.2 cm³/mol. The van der Waals surface area contributed by atoms with Crippen molar-refractivity contribution in [1.29, 1.82) is 0 Å². The van der Waals surface area contributed by atoms with Gasteiger partial charge in [0.2, 0.25) is 5.88 Å². The summed E-state index contributed by atoms with van der Waals surface area (Å²) in [7, 11) is 1.53. The van der Waals surface area contributed by atoms with Crippen LogP contribution in [0.3, 0.4) is 0 Å². The zero-order chi connectivity index (χ0) is 11.4. The van der Waals surface area contributed by atoms with Gasteiger partial charge in [-0.05, 0) is 6.07 Å². The highest BCUT2D eigenvalue weighted by atomic mass is 16.5. The van der Waals surface area contributed by atoms with Crippen LogP contribution in [0.25, 0.3) is 0 Å². The Morgan fingerprint density at radius 3 is 2.88 bits per heavy atom. The summed E-state index contributed by atoms with van der Waals surface area (Å²) < 4.78 is 9.46. The maximum atomic E-state index is 11.6. The number of amides is 1. The van der Waals surface area contributed by atoms with Gasteiger partial charge in [-0.3, -0.25) is 4.79 Å². The van der Waals surface area contributed by atoms with Crippen LogP contribution >= 0.6 is 0 Å². The second-order valence-corrected chi connectivity index (χ2v) is 2.96. The van der Waals surface area contributed by atoms with E-state index in [4.69, 9.17) is 4.74 Å². The third kappa shape index (κ3) is 2.17. The van der Waals surface area contributed by atoms with E-state index in [2.05, 4.69) is 20.0 Å². The molecule has 0 bridgehead atoms. The lowest BCUT2D eigenvalue weighted by Gasteiger charge is -2.03. The molecule has 82 valence electrons. The molecule has 0 aliphatic carbocycles. The Morgan fingerprint density at radius 2 is 2.31 bits per heavy atom. The molecule has 0 aliphatic rings. The average molecular weight is 219 g/mol. The third-order valence-corrected chi connectivity index (χ3v) is 1.90. The summed E-state index contributed by atoms with van der Waals surface area (Å²) in [5.74, 6) is 0.191. The Morgan fingerprint density at radius 1 is 1.44 bits per heavy atom. The number of anilines is 1. The molecular formula is C10H9N3O3. The number of rotatable bonds is 3. The van der Waals surface area contributed by atoms with E-state index in [1.165, 1.54) is 25.8 Å². The van der Waals surface area contributed by atoms with Gasteiger partial charge in [0.15, 0.2) is 0 Å². The van der Waals surface area contributed by atoms with Gasteiger partial charge in [-0.15, -0.1) is 0 Å². The zero-order valence-corrected chi connectivity index (χ0v) is 8.51. The van der Waals surface area contributed by atoms with E-state index in [-0.39, 0.29) is 5.91 Å². The lowest BCUT2D eigenvalue weighted by atomic mass is 10.3. The van der Waals surface area contributed by atoms with Crippen LogP contribution in [0.2, 0.25) is 0 Å². The van der Waals surface area contributed by atoms with Crippen molar-refractivity contribution in [2.75, 3.05) is 12.4 Å². The molecule has 6 heteroatoms. The van der Waals surface area contributed by atoms with Crippen molar-refractivity contribution in [3.8, 4) is 5.88 Å². The number of ether oxygens (including phenoxy) is 1. The summed E-state index contributed by atoms with van der Waals surface area (Å²) in [5.41, 5.74) is 0.933. The van der Waals surface area contributed by atoms with Gasteiger partial charge in [0.25, 0.3) is 5.91 Å². The molecule has 1 N–H and O–H groups in total. The van der Waals surface area contributed by atoms with Gasteiger partial charge in [0.1, 0.15) is 6.26 Å². The molecule has 0 fully saturated rings. The summed E-state index contributed by atoms with van der Waals surface area (Å²) in [5, 5.41) is 6.08. The first kappa shape index (κ1) is 10.2. The van der Waals surface area contributed by atoms with E-state index in [1.807, 2.05) is 0 Å². The van der Waals surface area contributed by atoms with Crippen molar-refractivity contribution in [3.05, 3.63) is 36.4 Å². The standard InChI is InChI=1S/C10H9N3O3/c1-15-9-3-2-8(5-11-9)13-10(14)7-4-12-16-6-7/h2-6H,1H3,(H,13,14). The molecule has 0 saturated carbocycles. The number of hydrogen-bond acceptors (Lipinski definition) is 5. The molecule has 2 rings (SSSR count). The van der Waals surface area contributed by atoms with E-state index in [0.29, 0.717) is 17.1 Å². The smallest absolute Gasteiger partial charge is 0.260 e. The Balaban J connectivity index is 2.06. The topological polar surface area (TPSA) is 77.2 Å². The molecule has 0 saturated heterocycles. The van der Waals surface area contributed by atoms with Crippen LogP contribution < -0.4 is 10.1 Å². The van der Waals surface area contributed by atoms with Crippen LogP contribution in [0.5, 0.6) is 5.88 Å². The number of nitrogens with zero attached hydrogens (tertiary/aromatic N) is 2. The molecule has 0 radical (unpaired) electrons. The second-order valence-electron chi connectivity index (χ2n) is 2.96. The minimum absolute atomic E-state index is 0.298. The molecule has 0 atom stereocenters. The van der Waals surface area contributed by atoms with E-state index in [1.54, 1.807) is 12.1 Å². The molecule has 0 aromatic carbocycles. The molecular weight excluding hydrogens is 210 g/mol. The van der Waals surface area contributed by atoms with E-state index in [0.717, 1.165) is 0 Å². The van der Waals surface area contributed by atoms with Crippen LogP contribution in [-0.2, 0) is 0 Å². The van der Waals surface area contributed by atoms with Gasteiger partial charge >= 0.3 is 0 Å². The van der Waals surface area contributed by atoms with Crippen LogP contribution in [0.4, 0.5) is 5.69 Å². The maximum absolute atomic E-state index is 11.6. The monoisotopic (exact) mass is 219 g/mol. The van der Waals surface area contributed by atoms with Crippen LogP contribution in [0.15, 0.2) is 35.3 Å². The summed E-state index contributed by atoms with van der Waals surface area (Å²) in [4.78, 5) is 15.5. The van der Waals surface area contributed by atoms with Crippen molar-refractivity contribution in [2.45, 2.75) is 0 Å². The first-order valence-electron chi connectivity index (χ1n) is 4.50. The Bertz CT molecular complexity index is 465. The van der Waals surface area contributed by atoms with Gasteiger partial charge in [0.05, 0.1) is 30.8 Å². The number of nitrogens with one attached hydrogen (secondary N) is 1. The van der Waals surface area contributed by atoms with E-state index in [9.17, 15) is 4.79 Å². The number of methoxy groups -OCH3 is 1. The number of aromatic nitrogens is 2. The van der Waals surface area contributed by atoms with Gasteiger partial charge in [0, 0.05) is 6.07 Å². The quantitative estimate of drug-likeness (QED) is 0.842. The SMILES string of the molecule is COc1ccc(NC(=O)c2cnoc2)cn1. The fourth-order valence-electron chi connectivity index (χ4n) is 1.10. The number of hydrogen-bond donors (Lipinski definition) is 1. The van der Waals surface area contributed by atoms with Gasteiger partial charge in [-0.1, -0.05) is 5.16 Å². The maximum Gasteiger partial charge on any atom is 0.260 e. The highest BCUT2D eigenvalue weighted by Gasteiger charge is 2.08. The highest BCUT2D eigenvalue weighted by molar-refractivity contribution is 6.03. The molecule has 16 heavy (non-hydrogen) atoms. The first-order chi connectivity index (χ1) is 7.79. The predicted octanol–water partition coefficient (Wildman–Crippen LogP) is 1.33. The van der Waals surface area contributed by atoms with Crippen molar-refractivity contribution >= 4 is 11.6 Å². The Kier molecular flexibility index (Phi) is 2.81. The van der Waals surface area contributed by atoms with Crippen LogP contribution in [-0.4, -0.2) is 23.2 Å². The Hall–Kier alpha value is -2.37. The minimum Gasteiger partial charge on any atom is -0.481 e. The lowest BCUT2D eigenvalue weighted by Crippen LogP contribution is -2.10. The molecule has 2 heterocycles. The molecule has 2 aromatic rings. The zero-order valence-electron chi connectivity index (χ0n) is 8.51. The van der Waals surface area contributed by atoms with Gasteiger partial charge in [-0.25, -0.2) is 4.98 Å². The van der Waals surface area contributed by atoms with Crippen LogP contribution in [0.1, 0.15) is 10.4 Å².